The lowest BCUT2D eigenvalue weighted by molar-refractivity contribution is 0.00251. The standard InChI is InChI=1S/C17H32N2O4.C17H23NO3/c1-17(2,3)23-16(20)19-6-4-15(5-7-19)14-22-13-10-18-8-11-21-12-9-18;1-20-11-14-9-15-7-8-16(10-14)18(15)17(19)21-12-13-5-3-2-4-6-13/h15H,4-14H2,1-3H3;2-6,14-16H,7-12H2,1H3. The van der Waals surface area contributed by atoms with E-state index in [0.717, 1.165) is 110 Å². The van der Waals surface area contributed by atoms with Crippen molar-refractivity contribution in [2.75, 3.05) is 72.9 Å². The van der Waals surface area contributed by atoms with Crippen LogP contribution in [0.5, 0.6) is 0 Å². The van der Waals surface area contributed by atoms with Gasteiger partial charge in [0.05, 0.1) is 19.8 Å². The summed E-state index contributed by atoms with van der Waals surface area (Å²) in [6.07, 6.45) is 5.95. The van der Waals surface area contributed by atoms with Crippen molar-refractivity contribution in [2.24, 2.45) is 11.8 Å². The van der Waals surface area contributed by atoms with Crippen molar-refractivity contribution in [1.82, 2.24) is 14.7 Å². The SMILES string of the molecule is CC(C)(C)OC(=O)N1CCC(COCCN2CCOCC2)CC1.COCC1CC2CCC(C1)N2C(=O)OCc1ccccc1. The fourth-order valence-corrected chi connectivity index (χ4v) is 6.63. The van der Waals surface area contributed by atoms with E-state index in [1.807, 2.05) is 60.9 Å². The first kappa shape index (κ1) is 34.5. The number of fused-ring (bicyclic) bond motifs is 2. The van der Waals surface area contributed by atoms with E-state index in [9.17, 15) is 9.59 Å². The number of benzene rings is 1. The number of ether oxygens (including phenoxy) is 5. The number of amides is 2. The lowest BCUT2D eigenvalue weighted by atomic mass is 9.92. The van der Waals surface area contributed by atoms with E-state index in [-0.39, 0.29) is 12.2 Å². The van der Waals surface area contributed by atoms with Crippen LogP contribution in [0.1, 0.15) is 64.9 Å². The summed E-state index contributed by atoms with van der Waals surface area (Å²) < 4.78 is 27.4. The van der Waals surface area contributed by atoms with Crippen molar-refractivity contribution >= 4 is 12.2 Å². The minimum Gasteiger partial charge on any atom is -0.445 e. The zero-order valence-electron chi connectivity index (χ0n) is 27.4. The molecule has 4 saturated heterocycles. The van der Waals surface area contributed by atoms with E-state index < -0.39 is 5.60 Å². The van der Waals surface area contributed by atoms with Crippen molar-refractivity contribution in [2.45, 2.75) is 83.6 Å². The number of nitrogens with zero attached hydrogens (tertiary/aromatic N) is 3. The van der Waals surface area contributed by atoms with Crippen molar-refractivity contribution in [3.05, 3.63) is 35.9 Å². The van der Waals surface area contributed by atoms with Crippen LogP contribution in [-0.4, -0.2) is 117 Å². The van der Waals surface area contributed by atoms with E-state index >= 15 is 0 Å². The predicted molar refractivity (Wildman–Crippen MR) is 168 cm³/mol. The van der Waals surface area contributed by atoms with Crippen molar-refractivity contribution in [3.8, 4) is 0 Å². The maximum atomic E-state index is 12.4. The van der Waals surface area contributed by atoms with Gasteiger partial charge in [0.25, 0.3) is 0 Å². The Labute approximate surface area is 264 Å². The first-order chi connectivity index (χ1) is 21.2. The first-order valence-electron chi connectivity index (χ1n) is 16.6. The Morgan fingerprint density at radius 2 is 1.52 bits per heavy atom. The van der Waals surface area contributed by atoms with Crippen molar-refractivity contribution in [3.63, 3.8) is 0 Å². The van der Waals surface area contributed by atoms with Gasteiger partial charge >= 0.3 is 12.2 Å². The second-order valence-electron chi connectivity index (χ2n) is 13.6. The molecule has 44 heavy (non-hydrogen) atoms. The largest absolute Gasteiger partial charge is 0.445 e. The maximum absolute atomic E-state index is 12.4. The van der Waals surface area contributed by atoms with Gasteiger partial charge in [-0.15, -0.1) is 0 Å². The van der Waals surface area contributed by atoms with Crippen LogP contribution in [0, 0.1) is 11.8 Å². The number of hydrogen-bond donors (Lipinski definition) is 0. The summed E-state index contributed by atoms with van der Waals surface area (Å²) >= 11 is 0. The molecule has 2 unspecified atom stereocenters. The summed E-state index contributed by atoms with van der Waals surface area (Å²) in [5, 5.41) is 0. The third-order valence-electron chi connectivity index (χ3n) is 8.92. The highest BCUT2D eigenvalue weighted by Crippen LogP contribution is 2.39. The van der Waals surface area contributed by atoms with Crippen molar-refractivity contribution in [1.29, 1.82) is 0 Å². The number of morpholine rings is 1. The summed E-state index contributed by atoms with van der Waals surface area (Å²) in [6, 6.07) is 10.5. The molecule has 1 aromatic rings. The van der Waals surface area contributed by atoms with Gasteiger partial charge in [-0.1, -0.05) is 30.3 Å². The summed E-state index contributed by atoms with van der Waals surface area (Å²) in [6.45, 7) is 14.7. The summed E-state index contributed by atoms with van der Waals surface area (Å²) in [5.74, 6) is 1.14. The Morgan fingerprint density at radius 1 is 0.864 bits per heavy atom. The number of piperidine rings is 2. The molecule has 10 heteroatoms. The normalized spacial score (nSPS) is 24.4. The summed E-state index contributed by atoms with van der Waals surface area (Å²) in [4.78, 5) is 30.6. The van der Waals surface area contributed by atoms with Crippen LogP contribution < -0.4 is 0 Å². The summed E-state index contributed by atoms with van der Waals surface area (Å²) in [5.41, 5.74) is 0.615. The van der Waals surface area contributed by atoms with E-state index in [0.29, 0.717) is 30.5 Å². The van der Waals surface area contributed by atoms with Crippen LogP contribution in [-0.2, 0) is 30.3 Å². The molecule has 248 valence electrons. The number of hydrogen-bond acceptors (Lipinski definition) is 8. The smallest absolute Gasteiger partial charge is 0.410 e. The molecule has 2 amide bonds. The molecule has 2 bridgehead atoms. The minimum atomic E-state index is -0.420. The molecule has 4 fully saturated rings. The van der Waals surface area contributed by atoms with Crippen LogP contribution in [0.3, 0.4) is 0 Å². The van der Waals surface area contributed by atoms with Crippen LogP contribution in [0.2, 0.25) is 0 Å². The van der Waals surface area contributed by atoms with Crippen LogP contribution in [0.15, 0.2) is 30.3 Å². The van der Waals surface area contributed by atoms with Crippen molar-refractivity contribution < 1.29 is 33.3 Å². The van der Waals surface area contributed by atoms with Gasteiger partial charge in [0, 0.05) is 65.1 Å². The van der Waals surface area contributed by atoms with Gasteiger partial charge in [0.2, 0.25) is 0 Å². The van der Waals surface area contributed by atoms with Gasteiger partial charge in [-0.05, 0) is 76.7 Å². The molecule has 1 aromatic carbocycles. The van der Waals surface area contributed by atoms with E-state index in [4.69, 9.17) is 23.7 Å². The van der Waals surface area contributed by atoms with E-state index in [1.165, 1.54) is 0 Å². The molecule has 0 spiro atoms. The zero-order chi connectivity index (χ0) is 31.4. The average molecular weight is 618 g/mol. The number of carbonyl (C=O) groups is 2. The topological polar surface area (TPSA) is 90.0 Å². The summed E-state index contributed by atoms with van der Waals surface area (Å²) in [7, 11) is 1.75. The van der Waals surface area contributed by atoms with Gasteiger partial charge in [0.1, 0.15) is 12.2 Å². The van der Waals surface area contributed by atoms with Gasteiger partial charge in [-0.2, -0.15) is 0 Å². The first-order valence-corrected chi connectivity index (χ1v) is 16.6. The fourth-order valence-electron chi connectivity index (χ4n) is 6.63. The Morgan fingerprint density at radius 3 is 2.14 bits per heavy atom. The third-order valence-corrected chi connectivity index (χ3v) is 8.92. The quantitative estimate of drug-likeness (QED) is 0.350. The highest BCUT2D eigenvalue weighted by Gasteiger charge is 2.44. The van der Waals surface area contributed by atoms with Gasteiger partial charge in [-0.3, -0.25) is 4.90 Å². The molecular formula is C34H55N3O7. The predicted octanol–water partition coefficient (Wildman–Crippen LogP) is 5.19. The second kappa shape index (κ2) is 17.3. The molecule has 0 saturated carbocycles. The number of likely N-dealkylation sites (tertiary alicyclic amines) is 1. The molecule has 5 rings (SSSR count). The molecule has 4 aliphatic rings. The third kappa shape index (κ3) is 11.2. The van der Waals surface area contributed by atoms with Gasteiger partial charge in [-0.25, -0.2) is 9.59 Å². The Balaban J connectivity index is 0.000000201. The van der Waals surface area contributed by atoms with E-state index in [1.54, 1.807) is 7.11 Å². The van der Waals surface area contributed by atoms with Crippen LogP contribution >= 0.6 is 0 Å². The molecule has 4 aliphatic heterocycles. The lowest BCUT2D eigenvalue weighted by Gasteiger charge is -2.37. The van der Waals surface area contributed by atoms with Gasteiger partial charge < -0.3 is 33.5 Å². The molecule has 0 radical (unpaired) electrons. The molecular weight excluding hydrogens is 562 g/mol. The zero-order valence-corrected chi connectivity index (χ0v) is 27.4. The number of rotatable bonds is 9. The van der Waals surface area contributed by atoms with Crippen LogP contribution in [0.25, 0.3) is 0 Å². The average Bonchev–Trinajstić information content (AvgIpc) is 3.29. The fraction of sp³-hybridized carbons (Fsp3) is 0.765. The Hall–Kier alpha value is -2.40. The molecule has 0 aliphatic carbocycles. The molecule has 4 heterocycles. The molecule has 10 nitrogen and oxygen atoms in total. The maximum Gasteiger partial charge on any atom is 0.410 e. The Kier molecular flexibility index (Phi) is 13.6. The highest BCUT2D eigenvalue weighted by molar-refractivity contribution is 5.69. The molecule has 2 atom stereocenters. The highest BCUT2D eigenvalue weighted by atomic mass is 16.6. The van der Waals surface area contributed by atoms with Crippen LogP contribution in [0.4, 0.5) is 9.59 Å². The minimum absolute atomic E-state index is 0.151. The molecule has 0 N–H and O–H groups in total. The second-order valence-corrected chi connectivity index (χ2v) is 13.6. The van der Waals surface area contributed by atoms with Gasteiger partial charge in [0.15, 0.2) is 0 Å². The number of carbonyl (C=O) groups excluding carboxylic acids is 2. The molecule has 0 aromatic heterocycles. The lowest BCUT2D eigenvalue weighted by Crippen LogP contribution is -2.47. The number of methoxy groups -OCH3 is 1. The monoisotopic (exact) mass is 617 g/mol. The van der Waals surface area contributed by atoms with E-state index in [2.05, 4.69) is 4.90 Å². The Bertz CT molecular complexity index is 976.